The van der Waals surface area contributed by atoms with Crippen molar-refractivity contribution in [3.05, 3.63) is 96.6 Å². The number of hydrogen-bond acceptors (Lipinski definition) is 6. The van der Waals surface area contributed by atoms with Crippen LogP contribution in [0.4, 0.5) is 10.5 Å². The molecule has 1 saturated heterocycles. The molecule has 0 unspecified atom stereocenters. The SMILES string of the molecule is CC(C)(C)OC(=O)NC1(c2ccc(-n3c(-c4ccccc4)nc4ccc(-c5cccc(N6CCOCC6)c5)nc43)cc2)CCC1. The van der Waals surface area contributed by atoms with Crippen LogP contribution < -0.4 is 10.2 Å². The number of benzene rings is 3. The number of amides is 1. The molecule has 0 atom stereocenters. The predicted molar refractivity (Wildman–Crippen MR) is 178 cm³/mol. The molecule has 1 aliphatic heterocycles. The largest absolute Gasteiger partial charge is 0.444 e. The lowest BCUT2D eigenvalue weighted by molar-refractivity contribution is 0.0377. The molecule has 0 bridgehead atoms. The molecule has 3 aromatic carbocycles. The van der Waals surface area contributed by atoms with Crippen molar-refractivity contribution in [2.75, 3.05) is 31.2 Å². The van der Waals surface area contributed by atoms with Gasteiger partial charge < -0.3 is 19.7 Å². The fourth-order valence-electron chi connectivity index (χ4n) is 6.27. The van der Waals surface area contributed by atoms with Gasteiger partial charge >= 0.3 is 6.09 Å². The van der Waals surface area contributed by atoms with Gasteiger partial charge in [-0.3, -0.25) is 4.57 Å². The first kappa shape index (κ1) is 29.0. The van der Waals surface area contributed by atoms with Gasteiger partial charge in [0, 0.05) is 35.6 Å². The lowest BCUT2D eigenvalue weighted by atomic mass is 9.72. The van der Waals surface area contributed by atoms with E-state index in [1.807, 2.05) is 39.0 Å². The van der Waals surface area contributed by atoms with E-state index in [1.165, 1.54) is 5.69 Å². The van der Waals surface area contributed by atoms with E-state index < -0.39 is 11.1 Å². The number of alkyl carbamates (subject to hydrolysis) is 1. The number of fused-ring (bicyclic) bond motifs is 1. The number of morpholine rings is 1. The van der Waals surface area contributed by atoms with Gasteiger partial charge in [0.25, 0.3) is 0 Å². The van der Waals surface area contributed by atoms with Gasteiger partial charge in [-0.1, -0.05) is 54.6 Å². The van der Waals surface area contributed by atoms with Gasteiger partial charge in [-0.05, 0) is 82.0 Å². The molecule has 8 nitrogen and oxygen atoms in total. The highest BCUT2D eigenvalue weighted by Crippen LogP contribution is 2.42. The lowest BCUT2D eigenvalue weighted by Crippen LogP contribution is -2.52. The number of rotatable bonds is 6. The zero-order valence-electron chi connectivity index (χ0n) is 26.1. The van der Waals surface area contributed by atoms with E-state index in [-0.39, 0.29) is 6.09 Å². The molecule has 5 aromatic rings. The maximum absolute atomic E-state index is 12.7. The van der Waals surface area contributed by atoms with E-state index in [0.29, 0.717) is 0 Å². The van der Waals surface area contributed by atoms with E-state index in [9.17, 15) is 4.79 Å². The molecule has 1 N–H and O–H groups in total. The zero-order chi connectivity index (χ0) is 31.0. The number of carbonyl (C=O) groups is 1. The molecule has 8 heteroatoms. The first-order chi connectivity index (χ1) is 21.8. The molecule has 2 aliphatic rings. The molecular formula is C37H39N5O3. The minimum absolute atomic E-state index is 0.382. The Morgan fingerprint density at radius 1 is 0.844 bits per heavy atom. The van der Waals surface area contributed by atoms with E-state index in [4.69, 9.17) is 19.4 Å². The highest BCUT2D eigenvalue weighted by Gasteiger charge is 2.41. The summed E-state index contributed by atoms with van der Waals surface area (Å²) in [6, 6.07) is 31.3. The van der Waals surface area contributed by atoms with Crippen molar-refractivity contribution in [2.45, 2.75) is 51.2 Å². The summed E-state index contributed by atoms with van der Waals surface area (Å²) < 4.78 is 13.3. The average molecular weight is 602 g/mol. The van der Waals surface area contributed by atoms with Crippen LogP contribution in [0, 0.1) is 0 Å². The summed E-state index contributed by atoms with van der Waals surface area (Å²) in [7, 11) is 0. The number of nitrogens with zero attached hydrogens (tertiary/aromatic N) is 4. The molecule has 0 spiro atoms. The van der Waals surface area contributed by atoms with Crippen molar-refractivity contribution in [3.63, 3.8) is 0 Å². The number of aromatic nitrogens is 3. The second-order valence-electron chi connectivity index (χ2n) is 12.9. The number of nitrogens with one attached hydrogen (secondary N) is 1. The van der Waals surface area contributed by atoms with Gasteiger partial charge in [-0.15, -0.1) is 0 Å². The van der Waals surface area contributed by atoms with Crippen LogP contribution in [0.15, 0.2) is 91.0 Å². The van der Waals surface area contributed by atoms with Gasteiger partial charge in [0.1, 0.15) is 16.9 Å². The molecule has 3 heterocycles. The Morgan fingerprint density at radius 2 is 1.58 bits per heavy atom. The molecule has 1 amide bonds. The van der Waals surface area contributed by atoms with Crippen LogP contribution in [0.3, 0.4) is 0 Å². The van der Waals surface area contributed by atoms with Crippen LogP contribution in [-0.2, 0) is 15.0 Å². The molecule has 2 aromatic heterocycles. The summed E-state index contributed by atoms with van der Waals surface area (Å²) >= 11 is 0. The summed E-state index contributed by atoms with van der Waals surface area (Å²) in [4.78, 5) is 25.4. The minimum atomic E-state index is -0.551. The normalized spacial score (nSPS) is 16.3. The van der Waals surface area contributed by atoms with Crippen molar-refractivity contribution in [3.8, 4) is 28.3 Å². The molecule has 230 valence electrons. The molecule has 2 fully saturated rings. The Kier molecular flexibility index (Phi) is 7.53. The summed E-state index contributed by atoms with van der Waals surface area (Å²) in [5.74, 6) is 0.829. The molecule has 0 radical (unpaired) electrons. The smallest absolute Gasteiger partial charge is 0.408 e. The number of hydrogen-bond donors (Lipinski definition) is 1. The summed E-state index contributed by atoms with van der Waals surface area (Å²) in [5, 5.41) is 3.17. The molecule has 1 aliphatic carbocycles. The fraction of sp³-hybridized carbons (Fsp3) is 0.324. The molecule has 1 saturated carbocycles. The number of imidazole rings is 1. The average Bonchev–Trinajstić information content (AvgIpc) is 3.42. The fourth-order valence-corrected chi connectivity index (χ4v) is 6.27. The van der Waals surface area contributed by atoms with Crippen molar-refractivity contribution in [1.29, 1.82) is 0 Å². The Balaban J connectivity index is 1.27. The highest BCUT2D eigenvalue weighted by molar-refractivity contribution is 5.83. The first-order valence-electron chi connectivity index (χ1n) is 15.8. The van der Waals surface area contributed by atoms with Gasteiger partial charge in [-0.2, -0.15) is 0 Å². The Bertz CT molecular complexity index is 1820. The Labute approximate surface area is 264 Å². The van der Waals surface area contributed by atoms with E-state index >= 15 is 0 Å². The highest BCUT2D eigenvalue weighted by atomic mass is 16.6. The van der Waals surface area contributed by atoms with Crippen molar-refractivity contribution < 1.29 is 14.3 Å². The van der Waals surface area contributed by atoms with E-state index in [2.05, 4.69) is 87.6 Å². The molecule has 7 rings (SSSR count). The Hall–Kier alpha value is -4.69. The van der Waals surface area contributed by atoms with Crippen LogP contribution >= 0.6 is 0 Å². The van der Waals surface area contributed by atoms with Crippen molar-refractivity contribution >= 4 is 22.9 Å². The van der Waals surface area contributed by atoms with Gasteiger partial charge in [0.15, 0.2) is 5.65 Å². The minimum Gasteiger partial charge on any atom is -0.444 e. The van der Waals surface area contributed by atoms with Gasteiger partial charge in [-0.25, -0.2) is 14.8 Å². The molecule has 45 heavy (non-hydrogen) atoms. The summed E-state index contributed by atoms with van der Waals surface area (Å²) in [6.07, 6.45) is 2.43. The summed E-state index contributed by atoms with van der Waals surface area (Å²) in [6.45, 7) is 8.90. The quantitative estimate of drug-likeness (QED) is 0.217. The van der Waals surface area contributed by atoms with Crippen LogP contribution in [0.1, 0.15) is 45.6 Å². The number of anilines is 1. The Morgan fingerprint density at radius 3 is 2.27 bits per heavy atom. The van der Waals surface area contributed by atoms with Crippen LogP contribution in [-0.4, -0.2) is 52.5 Å². The lowest BCUT2D eigenvalue weighted by Gasteiger charge is -2.43. The monoisotopic (exact) mass is 601 g/mol. The standard InChI is InChI=1S/C37H39N5O3/c1-36(2,3)45-35(43)40-37(19-8-20-37)28-13-15-29(16-14-28)42-33(26-9-5-4-6-10-26)39-32-18-17-31(38-34(32)42)27-11-7-12-30(25-27)41-21-23-44-24-22-41/h4-7,9-18,25H,8,19-24H2,1-3H3,(H,40,43). The van der Waals surface area contributed by atoms with Gasteiger partial charge in [0.2, 0.25) is 0 Å². The van der Waals surface area contributed by atoms with Crippen LogP contribution in [0.2, 0.25) is 0 Å². The third-order valence-electron chi connectivity index (χ3n) is 8.68. The number of ether oxygens (including phenoxy) is 2. The molecular weight excluding hydrogens is 562 g/mol. The van der Waals surface area contributed by atoms with E-state index in [1.54, 1.807) is 0 Å². The zero-order valence-corrected chi connectivity index (χ0v) is 26.1. The number of pyridine rings is 1. The maximum atomic E-state index is 12.7. The maximum Gasteiger partial charge on any atom is 0.408 e. The second-order valence-corrected chi connectivity index (χ2v) is 12.9. The third-order valence-corrected chi connectivity index (χ3v) is 8.68. The predicted octanol–water partition coefficient (Wildman–Crippen LogP) is 7.50. The topological polar surface area (TPSA) is 81.5 Å². The third kappa shape index (κ3) is 5.90. The van der Waals surface area contributed by atoms with Crippen LogP contribution in [0.25, 0.3) is 39.5 Å². The van der Waals surface area contributed by atoms with Crippen molar-refractivity contribution in [2.24, 2.45) is 0 Å². The van der Waals surface area contributed by atoms with Gasteiger partial charge in [0.05, 0.1) is 24.4 Å². The van der Waals surface area contributed by atoms with E-state index in [0.717, 1.165) is 90.6 Å². The van der Waals surface area contributed by atoms with Crippen LogP contribution in [0.5, 0.6) is 0 Å². The summed E-state index contributed by atoms with van der Waals surface area (Å²) in [5.41, 5.74) is 6.82. The number of carbonyl (C=O) groups excluding carboxylic acids is 1. The second kappa shape index (κ2) is 11.7. The van der Waals surface area contributed by atoms with Crippen molar-refractivity contribution in [1.82, 2.24) is 19.9 Å². The first-order valence-corrected chi connectivity index (χ1v) is 15.8.